The fraction of sp³-hybridized carbons (Fsp3) is 0.571. The van der Waals surface area contributed by atoms with Gasteiger partial charge in [0.05, 0.1) is 30.6 Å². The maximum Gasteiger partial charge on any atom is 0.186 e. The van der Waals surface area contributed by atoms with E-state index < -0.39 is 11.6 Å². The number of aliphatic hydroxyl groups is 2. The Morgan fingerprint density at radius 1 is 1.42 bits per heavy atom. The van der Waals surface area contributed by atoms with Crippen molar-refractivity contribution in [2.24, 2.45) is 11.7 Å². The highest BCUT2D eigenvalue weighted by molar-refractivity contribution is 6.25. The summed E-state index contributed by atoms with van der Waals surface area (Å²) < 4.78 is 5.49. The number of ketones is 1. The van der Waals surface area contributed by atoms with Crippen LogP contribution in [0.1, 0.15) is 56.2 Å². The standard InChI is InChI=1S/C21H31NO4/c1-5-15-10-13(2)11-18(26-4)19(15)17(12-23)20(25)21(22)8-6-16(7-9-21)14(3)24/h10-12,14,16,23-24H,5-9,22H2,1-4H3. The first-order valence-corrected chi connectivity index (χ1v) is 9.31. The predicted octanol–water partition coefficient (Wildman–Crippen LogP) is 3.30. The van der Waals surface area contributed by atoms with E-state index in [-0.39, 0.29) is 17.3 Å². The van der Waals surface area contributed by atoms with Crippen molar-refractivity contribution in [3.05, 3.63) is 35.1 Å². The van der Waals surface area contributed by atoms with Gasteiger partial charge in [0.1, 0.15) is 5.75 Å². The molecule has 144 valence electrons. The number of aliphatic hydroxyl groups excluding tert-OH is 2. The molecule has 0 heterocycles. The molecular formula is C21H31NO4. The van der Waals surface area contributed by atoms with Crippen LogP contribution in [0, 0.1) is 12.8 Å². The van der Waals surface area contributed by atoms with E-state index in [1.165, 1.54) is 0 Å². The fourth-order valence-corrected chi connectivity index (χ4v) is 3.94. The molecule has 0 aromatic heterocycles. The third-order valence-electron chi connectivity index (χ3n) is 5.63. The maximum absolute atomic E-state index is 13.3. The van der Waals surface area contributed by atoms with Gasteiger partial charge < -0.3 is 20.7 Å². The number of methoxy groups -OCH3 is 1. The summed E-state index contributed by atoms with van der Waals surface area (Å²) in [6.07, 6.45) is 3.56. The van der Waals surface area contributed by atoms with Gasteiger partial charge in [0.2, 0.25) is 0 Å². The second kappa shape index (κ2) is 8.23. The highest BCUT2D eigenvalue weighted by Crippen LogP contribution is 2.39. The van der Waals surface area contributed by atoms with Gasteiger partial charge in [-0.05, 0) is 69.1 Å². The highest BCUT2D eigenvalue weighted by atomic mass is 16.5. The minimum absolute atomic E-state index is 0.168. The zero-order valence-corrected chi connectivity index (χ0v) is 16.2. The first kappa shape index (κ1) is 20.5. The Kier molecular flexibility index (Phi) is 6.48. The summed E-state index contributed by atoms with van der Waals surface area (Å²) in [6, 6.07) is 3.86. The molecule has 1 aromatic rings. The number of benzene rings is 1. The average molecular weight is 361 g/mol. The van der Waals surface area contributed by atoms with Crippen molar-refractivity contribution >= 4 is 11.4 Å². The quantitative estimate of drug-likeness (QED) is 0.534. The van der Waals surface area contributed by atoms with Gasteiger partial charge in [0.15, 0.2) is 5.78 Å². The number of aryl methyl sites for hydroxylation is 2. The van der Waals surface area contributed by atoms with Crippen LogP contribution in [-0.4, -0.2) is 34.7 Å². The van der Waals surface area contributed by atoms with E-state index in [9.17, 15) is 15.0 Å². The van der Waals surface area contributed by atoms with Gasteiger partial charge in [0.25, 0.3) is 0 Å². The fourth-order valence-electron chi connectivity index (χ4n) is 3.94. The van der Waals surface area contributed by atoms with E-state index in [0.29, 0.717) is 43.4 Å². The molecule has 1 fully saturated rings. The van der Waals surface area contributed by atoms with Gasteiger partial charge >= 0.3 is 0 Å². The lowest BCUT2D eigenvalue weighted by Gasteiger charge is -2.37. The molecule has 0 amide bonds. The molecule has 5 heteroatoms. The number of carbonyl (C=O) groups excluding carboxylic acids is 1. The Morgan fingerprint density at radius 2 is 2.04 bits per heavy atom. The predicted molar refractivity (Wildman–Crippen MR) is 103 cm³/mol. The Labute approximate surface area is 155 Å². The molecule has 1 aliphatic carbocycles. The summed E-state index contributed by atoms with van der Waals surface area (Å²) in [5, 5.41) is 19.7. The molecule has 1 aromatic carbocycles. The molecule has 1 saturated carbocycles. The monoisotopic (exact) mass is 361 g/mol. The Morgan fingerprint density at radius 3 is 2.50 bits per heavy atom. The second-order valence-electron chi connectivity index (χ2n) is 7.46. The minimum Gasteiger partial charge on any atom is -0.515 e. The van der Waals surface area contributed by atoms with Crippen LogP contribution in [0.25, 0.3) is 5.57 Å². The number of rotatable bonds is 6. The molecule has 1 aliphatic rings. The molecular weight excluding hydrogens is 330 g/mol. The van der Waals surface area contributed by atoms with Gasteiger partial charge in [0, 0.05) is 5.56 Å². The van der Waals surface area contributed by atoms with Crippen LogP contribution in [0.3, 0.4) is 0 Å². The molecule has 0 aliphatic heterocycles. The first-order chi connectivity index (χ1) is 12.3. The van der Waals surface area contributed by atoms with E-state index in [2.05, 4.69) is 0 Å². The van der Waals surface area contributed by atoms with E-state index in [1.807, 2.05) is 26.0 Å². The zero-order chi connectivity index (χ0) is 19.5. The topological polar surface area (TPSA) is 92.8 Å². The van der Waals surface area contributed by atoms with Crippen molar-refractivity contribution < 1.29 is 19.7 Å². The van der Waals surface area contributed by atoms with Gasteiger partial charge in [-0.15, -0.1) is 0 Å². The van der Waals surface area contributed by atoms with E-state index >= 15 is 0 Å². The van der Waals surface area contributed by atoms with Crippen LogP contribution in [0.4, 0.5) is 0 Å². The van der Waals surface area contributed by atoms with Gasteiger partial charge in [-0.3, -0.25) is 4.79 Å². The van der Waals surface area contributed by atoms with Crippen molar-refractivity contribution in [2.75, 3.05) is 7.11 Å². The third-order valence-corrected chi connectivity index (χ3v) is 5.63. The first-order valence-electron chi connectivity index (χ1n) is 9.31. The number of nitrogens with two attached hydrogens (primary N) is 1. The zero-order valence-electron chi connectivity index (χ0n) is 16.2. The van der Waals surface area contributed by atoms with Crippen LogP contribution < -0.4 is 10.5 Å². The Bertz CT molecular complexity index is 660. The number of ether oxygens (including phenoxy) is 1. The van der Waals surface area contributed by atoms with Crippen molar-refractivity contribution in [3.8, 4) is 5.75 Å². The van der Waals surface area contributed by atoms with E-state index in [0.717, 1.165) is 17.4 Å². The lowest BCUT2D eigenvalue weighted by Crippen LogP contribution is -2.51. The molecule has 2 rings (SSSR count). The van der Waals surface area contributed by atoms with Gasteiger partial charge in [-0.1, -0.05) is 13.0 Å². The van der Waals surface area contributed by atoms with Crippen LogP contribution in [0.5, 0.6) is 5.75 Å². The Hall–Kier alpha value is -1.85. The smallest absolute Gasteiger partial charge is 0.186 e. The molecule has 0 saturated heterocycles. The largest absolute Gasteiger partial charge is 0.515 e. The molecule has 1 atom stereocenters. The Balaban J connectivity index is 2.39. The maximum atomic E-state index is 13.3. The number of hydrogen-bond acceptors (Lipinski definition) is 5. The second-order valence-corrected chi connectivity index (χ2v) is 7.46. The van der Waals surface area contributed by atoms with Gasteiger partial charge in [-0.25, -0.2) is 0 Å². The van der Waals surface area contributed by atoms with Crippen molar-refractivity contribution in [1.82, 2.24) is 0 Å². The normalized spacial score (nSPS) is 25.0. The average Bonchev–Trinajstić information content (AvgIpc) is 2.62. The number of carbonyl (C=O) groups is 1. The van der Waals surface area contributed by atoms with Crippen molar-refractivity contribution in [3.63, 3.8) is 0 Å². The molecule has 0 bridgehead atoms. The molecule has 0 radical (unpaired) electrons. The van der Waals surface area contributed by atoms with Crippen LogP contribution in [-0.2, 0) is 11.2 Å². The van der Waals surface area contributed by atoms with Crippen LogP contribution in [0.2, 0.25) is 0 Å². The summed E-state index contributed by atoms with van der Waals surface area (Å²) in [4.78, 5) is 13.3. The van der Waals surface area contributed by atoms with Gasteiger partial charge in [-0.2, -0.15) is 0 Å². The van der Waals surface area contributed by atoms with Crippen molar-refractivity contribution in [1.29, 1.82) is 0 Å². The molecule has 26 heavy (non-hydrogen) atoms. The minimum atomic E-state index is -1.03. The summed E-state index contributed by atoms with van der Waals surface area (Å²) >= 11 is 0. The number of hydrogen-bond donors (Lipinski definition) is 3. The van der Waals surface area contributed by atoms with E-state index in [4.69, 9.17) is 10.5 Å². The molecule has 4 N–H and O–H groups in total. The molecule has 1 unspecified atom stereocenters. The SMILES string of the molecule is CCc1cc(C)cc(OC)c1C(=CO)C(=O)C1(N)CCC(C(C)O)CC1. The molecule has 0 spiro atoms. The molecule has 5 nitrogen and oxygen atoms in total. The summed E-state index contributed by atoms with van der Waals surface area (Å²) in [7, 11) is 1.56. The van der Waals surface area contributed by atoms with E-state index in [1.54, 1.807) is 14.0 Å². The summed E-state index contributed by atoms with van der Waals surface area (Å²) in [5.74, 6) is 0.471. The lowest BCUT2D eigenvalue weighted by molar-refractivity contribution is -0.120. The van der Waals surface area contributed by atoms with Crippen molar-refractivity contribution in [2.45, 2.75) is 64.5 Å². The van der Waals surface area contributed by atoms with Crippen LogP contribution >= 0.6 is 0 Å². The summed E-state index contributed by atoms with van der Waals surface area (Å²) in [6.45, 7) is 5.75. The lowest BCUT2D eigenvalue weighted by atomic mass is 9.71. The highest BCUT2D eigenvalue weighted by Gasteiger charge is 2.41. The number of Topliss-reactive ketones (excluding diaryl/α,β-unsaturated/α-hetero) is 1. The summed E-state index contributed by atoms with van der Waals surface area (Å²) in [5.41, 5.74) is 8.24. The third kappa shape index (κ3) is 3.94. The van der Waals surface area contributed by atoms with Crippen LogP contribution in [0.15, 0.2) is 18.4 Å².